The monoisotopic (exact) mass is 298 g/mol. The first kappa shape index (κ1) is 12.2. The maximum atomic E-state index is 5.78. The average molecular weight is 299 g/mol. The zero-order valence-corrected chi connectivity index (χ0v) is 10.7. The van der Waals surface area contributed by atoms with Crippen LogP contribution in [0.1, 0.15) is 11.9 Å². The van der Waals surface area contributed by atoms with E-state index in [2.05, 4.69) is 31.1 Å². The molecule has 0 aromatic carbocycles. The van der Waals surface area contributed by atoms with Crippen LogP contribution in [-0.2, 0) is 4.74 Å². The summed E-state index contributed by atoms with van der Waals surface area (Å²) in [5.41, 5.74) is 6.39. The van der Waals surface area contributed by atoms with E-state index in [1.165, 1.54) is 0 Å². The number of aromatic nitrogens is 3. The second kappa shape index (κ2) is 5.35. The van der Waals surface area contributed by atoms with Gasteiger partial charge in [0.1, 0.15) is 5.69 Å². The minimum Gasteiger partial charge on any atom is -0.383 e. The molecule has 2 N–H and O–H groups in total. The van der Waals surface area contributed by atoms with Crippen LogP contribution in [0.15, 0.2) is 27.3 Å². The summed E-state index contributed by atoms with van der Waals surface area (Å²) in [6, 6.07) is 3.23. The van der Waals surface area contributed by atoms with Crippen molar-refractivity contribution in [2.45, 2.75) is 6.04 Å². The van der Waals surface area contributed by atoms with Gasteiger partial charge in [-0.25, -0.2) is 4.98 Å². The first-order valence-electron chi connectivity index (χ1n) is 4.90. The molecular weight excluding hydrogens is 288 g/mol. The summed E-state index contributed by atoms with van der Waals surface area (Å²) in [6.45, 7) is 0.340. The highest BCUT2D eigenvalue weighted by Gasteiger charge is 2.15. The van der Waals surface area contributed by atoms with Crippen LogP contribution < -0.4 is 5.73 Å². The van der Waals surface area contributed by atoms with E-state index in [0.29, 0.717) is 24.0 Å². The lowest BCUT2D eigenvalue weighted by atomic mass is 10.3. The van der Waals surface area contributed by atoms with E-state index in [0.717, 1.165) is 4.47 Å². The van der Waals surface area contributed by atoms with E-state index >= 15 is 0 Å². The number of hydrogen-bond acceptors (Lipinski definition) is 6. The van der Waals surface area contributed by atoms with Gasteiger partial charge in [-0.2, -0.15) is 4.98 Å². The van der Waals surface area contributed by atoms with Crippen LogP contribution in [0.2, 0.25) is 0 Å². The van der Waals surface area contributed by atoms with Gasteiger partial charge in [0.2, 0.25) is 0 Å². The second-order valence-electron chi connectivity index (χ2n) is 3.38. The van der Waals surface area contributed by atoms with Gasteiger partial charge >= 0.3 is 0 Å². The van der Waals surface area contributed by atoms with Crippen LogP contribution in [0.3, 0.4) is 0 Å². The molecule has 2 rings (SSSR count). The molecule has 0 saturated heterocycles. The smallest absolute Gasteiger partial charge is 0.276 e. The van der Waals surface area contributed by atoms with E-state index in [-0.39, 0.29) is 0 Å². The molecule has 2 heterocycles. The van der Waals surface area contributed by atoms with E-state index in [4.69, 9.17) is 15.0 Å². The quantitative estimate of drug-likeness (QED) is 0.921. The summed E-state index contributed by atoms with van der Waals surface area (Å²) in [5.74, 6) is 0.755. The van der Waals surface area contributed by atoms with Gasteiger partial charge in [-0.3, -0.25) is 0 Å². The van der Waals surface area contributed by atoms with Crippen LogP contribution in [0, 0.1) is 0 Å². The molecule has 1 atom stereocenters. The maximum absolute atomic E-state index is 5.78. The van der Waals surface area contributed by atoms with Crippen LogP contribution in [0.25, 0.3) is 11.6 Å². The summed E-state index contributed by atoms with van der Waals surface area (Å²) >= 11 is 3.30. The van der Waals surface area contributed by atoms with E-state index in [9.17, 15) is 0 Å². The molecule has 0 fully saturated rings. The van der Waals surface area contributed by atoms with E-state index < -0.39 is 6.04 Å². The van der Waals surface area contributed by atoms with Crippen LogP contribution in [-0.4, -0.2) is 28.8 Å². The number of methoxy groups -OCH3 is 1. The number of ether oxygens (including phenoxy) is 1. The molecule has 2 aromatic heterocycles. The highest BCUT2D eigenvalue weighted by atomic mass is 79.9. The topological polar surface area (TPSA) is 87.1 Å². The zero-order valence-electron chi connectivity index (χ0n) is 9.13. The van der Waals surface area contributed by atoms with Gasteiger partial charge in [0, 0.05) is 17.8 Å². The highest BCUT2D eigenvalue weighted by Crippen LogP contribution is 2.18. The summed E-state index contributed by atoms with van der Waals surface area (Å²) in [7, 11) is 1.57. The molecule has 2 aromatic rings. The Morgan fingerprint density at radius 3 is 3.00 bits per heavy atom. The van der Waals surface area contributed by atoms with Crippen molar-refractivity contribution in [3.63, 3.8) is 0 Å². The van der Waals surface area contributed by atoms with Crippen LogP contribution >= 0.6 is 15.9 Å². The molecule has 6 nitrogen and oxygen atoms in total. The minimum atomic E-state index is -0.395. The van der Waals surface area contributed by atoms with Crippen molar-refractivity contribution >= 4 is 15.9 Å². The number of nitrogens with zero attached hydrogens (tertiary/aromatic N) is 3. The molecule has 0 aliphatic rings. The standard InChI is InChI=1S/C10H11BrN4O2/c1-16-5-7(12)9-14-10(17-15-9)8-3-2-6(11)4-13-8/h2-4,7H,5,12H2,1H3. The normalized spacial score (nSPS) is 12.6. The predicted octanol–water partition coefficient (Wildman–Crippen LogP) is 1.54. The number of rotatable bonds is 4. The van der Waals surface area contributed by atoms with Gasteiger partial charge in [0.15, 0.2) is 5.82 Å². The molecule has 0 bridgehead atoms. The fraction of sp³-hybridized carbons (Fsp3) is 0.300. The number of nitrogens with two attached hydrogens (primary N) is 1. The lowest BCUT2D eigenvalue weighted by molar-refractivity contribution is 0.177. The Kier molecular flexibility index (Phi) is 3.82. The first-order valence-corrected chi connectivity index (χ1v) is 5.70. The van der Waals surface area contributed by atoms with Crippen LogP contribution in [0.5, 0.6) is 0 Å². The van der Waals surface area contributed by atoms with Gasteiger partial charge in [0.05, 0.1) is 12.6 Å². The van der Waals surface area contributed by atoms with Gasteiger partial charge in [0.25, 0.3) is 5.89 Å². The highest BCUT2D eigenvalue weighted by molar-refractivity contribution is 9.10. The predicted molar refractivity (Wildman–Crippen MR) is 64.0 cm³/mol. The Labute approximate surface area is 106 Å². The van der Waals surface area contributed by atoms with Crippen molar-refractivity contribution < 1.29 is 9.26 Å². The molecule has 0 amide bonds. The van der Waals surface area contributed by atoms with Gasteiger partial charge < -0.3 is 15.0 Å². The summed E-state index contributed by atoms with van der Waals surface area (Å²) < 4.78 is 10.9. The molecule has 0 spiro atoms. The van der Waals surface area contributed by atoms with Gasteiger partial charge in [-0.05, 0) is 28.1 Å². The molecular formula is C10H11BrN4O2. The Morgan fingerprint density at radius 1 is 1.53 bits per heavy atom. The van der Waals surface area contributed by atoms with E-state index in [1.807, 2.05) is 6.07 Å². The molecule has 0 saturated carbocycles. The molecule has 1 unspecified atom stereocenters. The van der Waals surface area contributed by atoms with Crippen molar-refractivity contribution in [2.75, 3.05) is 13.7 Å². The van der Waals surface area contributed by atoms with E-state index in [1.54, 1.807) is 19.4 Å². The maximum Gasteiger partial charge on any atom is 0.276 e. The summed E-state index contributed by atoms with van der Waals surface area (Å²) in [5, 5.41) is 3.79. The minimum absolute atomic E-state index is 0.340. The molecule has 0 aliphatic heterocycles. The van der Waals surface area contributed by atoms with Crippen molar-refractivity contribution in [2.24, 2.45) is 5.73 Å². The summed E-state index contributed by atoms with van der Waals surface area (Å²) in [4.78, 5) is 8.32. The van der Waals surface area contributed by atoms with Crippen molar-refractivity contribution in [3.8, 4) is 11.6 Å². The second-order valence-corrected chi connectivity index (χ2v) is 4.30. The Balaban J connectivity index is 2.20. The first-order chi connectivity index (χ1) is 8.20. The molecule has 0 aliphatic carbocycles. The lowest BCUT2D eigenvalue weighted by Crippen LogP contribution is -2.17. The number of hydrogen-bond donors (Lipinski definition) is 1. The SMILES string of the molecule is COCC(N)c1noc(-c2ccc(Br)cn2)n1. The van der Waals surface area contributed by atoms with Crippen molar-refractivity contribution in [1.82, 2.24) is 15.1 Å². The molecule has 0 radical (unpaired) electrons. The third-order valence-corrected chi connectivity index (χ3v) is 2.54. The van der Waals surface area contributed by atoms with Gasteiger partial charge in [-0.15, -0.1) is 0 Å². The van der Waals surface area contributed by atoms with Crippen molar-refractivity contribution in [3.05, 3.63) is 28.6 Å². The number of pyridine rings is 1. The lowest BCUT2D eigenvalue weighted by Gasteiger charge is -2.03. The van der Waals surface area contributed by atoms with Gasteiger partial charge in [-0.1, -0.05) is 5.16 Å². The number of halogens is 1. The van der Waals surface area contributed by atoms with Crippen LogP contribution in [0.4, 0.5) is 0 Å². The molecule has 7 heteroatoms. The molecule has 17 heavy (non-hydrogen) atoms. The third-order valence-electron chi connectivity index (χ3n) is 2.07. The largest absolute Gasteiger partial charge is 0.383 e. The Morgan fingerprint density at radius 2 is 2.35 bits per heavy atom. The Hall–Kier alpha value is -1.31. The Bertz CT molecular complexity index is 485. The molecule has 90 valence electrons. The third kappa shape index (κ3) is 2.87. The zero-order chi connectivity index (χ0) is 12.3. The van der Waals surface area contributed by atoms with Crippen molar-refractivity contribution in [1.29, 1.82) is 0 Å². The average Bonchev–Trinajstić information content (AvgIpc) is 2.80. The fourth-order valence-corrected chi connectivity index (χ4v) is 1.48. The fourth-order valence-electron chi connectivity index (χ4n) is 1.25. The summed E-state index contributed by atoms with van der Waals surface area (Å²) in [6.07, 6.45) is 1.66.